The highest BCUT2D eigenvalue weighted by Crippen LogP contribution is 2.49. The Kier molecular flexibility index (Phi) is 3.40. The summed E-state index contributed by atoms with van der Waals surface area (Å²) >= 11 is 4.74. The topological polar surface area (TPSA) is 85.1 Å². The smallest absolute Gasteiger partial charge is 0.221 e. The van der Waals surface area contributed by atoms with E-state index in [1.807, 2.05) is 37.5 Å². The van der Waals surface area contributed by atoms with Gasteiger partial charge in [-0.1, -0.05) is 6.08 Å². The molecule has 0 fully saturated rings. The average molecular weight is 330 g/mol. The summed E-state index contributed by atoms with van der Waals surface area (Å²) in [5.74, 6) is 0.715. The van der Waals surface area contributed by atoms with Crippen LogP contribution in [0.5, 0.6) is 11.6 Å². The second-order valence-corrected chi connectivity index (χ2v) is 6.52. The number of allylic oxidation sites excluding steroid dienone is 2. The second-order valence-electron chi connectivity index (χ2n) is 6.10. The van der Waals surface area contributed by atoms with Gasteiger partial charge in [-0.15, -0.1) is 10.2 Å². The van der Waals surface area contributed by atoms with Gasteiger partial charge in [0.05, 0.1) is 18.2 Å². The van der Waals surface area contributed by atoms with E-state index in [-0.39, 0.29) is 11.0 Å². The third-order valence-corrected chi connectivity index (χ3v) is 4.12. The van der Waals surface area contributed by atoms with Crippen molar-refractivity contribution in [3.05, 3.63) is 23.8 Å². The summed E-state index contributed by atoms with van der Waals surface area (Å²) in [6.45, 7) is 6.09. The van der Waals surface area contributed by atoms with E-state index in [0.717, 1.165) is 22.0 Å². The van der Waals surface area contributed by atoms with Gasteiger partial charge >= 0.3 is 0 Å². The molecule has 1 aliphatic heterocycles. The first kappa shape index (κ1) is 15.5. The van der Waals surface area contributed by atoms with Crippen LogP contribution >= 0.6 is 12.2 Å². The predicted octanol–water partition coefficient (Wildman–Crippen LogP) is 3.83. The number of thiocarbonyl (C=S) groups is 1. The van der Waals surface area contributed by atoms with Crippen LogP contribution in [0.25, 0.3) is 16.5 Å². The lowest BCUT2D eigenvalue weighted by molar-refractivity contribution is 0.362. The quantitative estimate of drug-likeness (QED) is 0.647. The van der Waals surface area contributed by atoms with E-state index in [4.69, 9.17) is 22.7 Å². The van der Waals surface area contributed by atoms with Gasteiger partial charge in [0.15, 0.2) is 5.69 Å². The van der Waals surface area contributed by atoms with Gasteiger partial charge in [0, 0.05) is 10.9 Å². The molecule has 0 amide bonds. The van der Waals surface area contributed by atoms with Crippen LogP contribution in [0.3, 0.4) is 0 Å². The van der Waals surface area contributed by atoms with Crippen molar-refractivity contribution in [2.45, 2.75) is 26.3 Å². The van der Waals surface area contributed by atoms with Gasteiger partial charge in [-0.3, -0.25) is 0 Å². The number of hydrogen-bond acceptors (Lipinski definition) is 4. The van der Waals surface area contributed by atoms with Gasteiger partial charge in [-0.05, 0) is 50.7 Å². The molecule has 0 aliphatic carbocycles. The molecule has 23 heavy (non-hydrogen) atoms. The van der Waals surface area contributed by atoms with Crippen LogP contribution in [-0.2, 0) is 5.54 Å². The summed E-state index contributed by atoms with van der Waals surface area (Å²) in [5.41, 5.74) is 8.33. The third-order valence-electron chi connectivity index (χ3n) is 4.04. The Morgan fingerprint density at radius 3 is 2.70 bits per heavy atom. The summed E-state index contributed by atoms with van der Waals surface area (Å²) in [5, 5.41) is 19.2. The van der Waals surface area contributed by atoms with Gasteiger partial charge < -0.3 is 20.1 Å². The van der Waals surface area contributed by atoms with E-state index in [9.17, 15) is 5.11 Å². The molecule has 0 unspecified atom stereocenters. The zero-order valence-electron chi connectivity index (χ0n) is 13.4. The van der Waals surface area contributed by atoms with Crippen LogP contribution in [0.1, 0.15) is 26.3 Å². The van der Waals surface area contributed by atoms with Gasteiger partial charge in [0.25, 0.3) is 0 Å². The molecule has 0 saturated heterocycles. The number of aromatic hydroxyl groups is 1. The number of ether oxygens (including phenoxy) is 1. The molecule has 2 aromatic rings. The molecule has 0 radical (unpaired) electrons. The number of nitrogens with two attached hydrogens (primary N) is 1. The van der Waals surface area contributed by atoms with Crippen LogP contribution in [-0.4, -0.2) is 21.9 Å². The number of aromatic nitrogens is 1. The Labute approximate surface area is 139 Å². The molecule has 1 aliphatic rings. The number of rotatable bonds is 2. The fourth-order valence-electron chi connectivity index (χ4n) is 3.21. The minimum atomic E-state index is -0.398. The SMILES string of the molecule is COc1cc2c3c(c1)c(N=NC(N)=S)c(O)n3C(C)(C)C=C2C. The molecule has 1 aromatic carbocycles. The Hall–Kier alpha value is -2.41. The normalized spacial score (nSPS) is 15.9. The number of methoxy groups -OCH3 is 1. The summed E-state index contributed by atoms with van der Waals surface area (Å²) < 4.78 is 7.22. The first-order chi connectivity index (χ1) is 10.8. The van der Waals surface area contributed by atoms with Crippen molar-refractivity contribution in [3.63, 3.8) is 0 Å². The Morgan fingerprint density at radius 2 is 2.09 bits per heavy atom. The number of benzene rings is 1. The Bertz CT molecular complexity index is 893. The van der Waals surface area contributed by atoms with Crippen molar-refractivity contribution < 1.29 is 9.84 Å². The fraction of sp³-hybridized carbons (Fsp3) is 0.312. The monoisotopic (exact) mass is 330 g/mol. The molecule has 0 atom stereocenters. The molecule has 0 bridgehead atoms. The molecule has 3 N–H and O–H groups in total. The van der Waals surface area contributed by atoms with Gasteiger partial charge in [-0.2, -0.15) is 0 Å². The van der Waals surface area contributed by atoms with Crippen molar-refractivity contribution in [1.29, 1.82) is 0 Å². The fourth-order valence-corrected chi connectivity index (χ4v) is 3.25. The molecule has 6 nitrogen and oxygen atoms in total. The van der Waals surface area contributed by atoms with Gasteiger partial charge in [0.2, 0.25) is 11.0 Å². The van der Waals surface area contributed by atoms with Crippen LogP contribution in [0, 0.1) is 0 Å². The van der Waals surface area contributed by atoms with Crippen LogP contribution < -0.4 is 10.5 Å². The van der Waals surface area contributed by atoms with Crippen molar-refractivity contribution in [3.8, 4) is 11.6 Å². The molecule has 0 spiro atoms. The average Bonchev–Trinajstić information content (AvgIpc) is 2.74. The summed E-state index contributed by atoms with van der Waals surface area (Å²) in [6, 6.07) is 3.78. The van der Waals surface area contributed by atoms with Crippen LogP contribution in [0.15, 0.2) is 28.4 Å². The zero-order chi connectivity index (χ0) is 16.9. The number of nitrogens with zero attached hydrogens (tertiary/aromatic N) is 3. The molecule has 1 aromatic heterocycles. The van der Waals surface area contributed by atoms with E-state index in [2.05, 4.69) is 16.3 Å². The van der Waals surface area contributed by atoms with Crippen molar-refractivity contribution in [2.75, 3.05) is 7.11 Å². The van der Waals surface area contributed by atoms with Crippen molar-refractivity contribution in [1.82, 2.24) is 4.57 Å². The highest BCUT2D eigenvalue weighted by atomic mass is 32.1. The standard InChI is InChI=1S/C16H18N4O2S/c1-8-7-16(2,3)20-13-10(8)5-9(22-4)6-11(13)12(14(20)21)18-19-15(17)23/h5-7,21H,1-4H3,(H2,17,23). The minimum Gasteiger partial charge on any atom is -0.497 e. The highest BCUT2D eigenvalue weighted by Gasteiger charge is 2.32. The Balaban J connectivity index is 2.45. The second kappa shape index (κ2) is 5.06. The van der Waals surface area contributed by atoms with E-state index in [0.29, 0.717) is 11.4 Å². The summed E-state index contributed by atoms with van der Waals surface area (Å²) in [4.78, 5) is 0. The maximum atomic E-state index is 10.7. The highest BCUT2D eigenvalue weighted by molar-refractivity contribution is 7.80. The van der Waals surface area contributed by atoms with Gasteiger partial charge in [-0.25, -0.2) is 0 Å². The number of hydrogen-bond donors (Lipinski definition) is 2. The van der Waals surface area contributed by atoms with Crippen LogP contribution in [0.2, 0.25) is 0 Å². The molecule has 120 valence electrons. The van der Waals surface area contributed by atoms with E-state index >= 15 is 0 Å². The third kappa shape index (κ3) is 2.28. The first-order valence-electron chi connectivity index (χ1n) is 7.13. The van der Waals surface area contributed by atoms with Gasteiger partial charge in [0.1, 0.15) is 5.75 Å². The first-order valence-corrected chi connectivity index (χ1v) is 7.54. The predicted molar refractivity (Wildman–Crippen MR) is 94.4 cm³/mol. The van der Waals surface area contributed by atoms with E-state index in [1.165, 1.54) is 0 Å². The lowest BCUT2D eigenvalue weighted by Gasteiger charge is -2.31. The molecule has 2 heterocycles. The summed E-state index contributed by atoms with van der Waals surface area (Å²) in [7, 11) is 1.60. The minimum absolute atomic E-state index is 0.0308. The molecular weight excluding hydrogens is 312 g/mol. The molecular formula is C16H18N4O2S. The van der Waals surface area contributed by atoms with Crippen LogP contribution in [0.4, 0.5) is 5.69 Å². The largest absolute Gasteiger partial charge is 0.497 e. The van der Waals surface area contributed by atoms with Crippen molar-refractivity contribution in [2.24, 2.45) is 16.0 Å². The molecule has 0 saturated carbocycles. The maximum Gasteiger partial charge on any atom is 0.221 e. The molecule has 3 rings (SSSR count). The zero-order valence-corrected chi connectivity index (χ0v) is 14.2. The lowest BCUT2D eigenvalue weighted by atomic mass is 9.92. The Morgan fingerprint density at radius 1 is 1.39 bits per heavy atom. The maximum absolute atomic E-state index is 10.7. The van der Waals surface area contributed by atoms with E-state index < -0.39 is 5.54 Å². The number of azo groups is 1. The van der Waals surface area contributed by atoms with E-state index in [1.54, 1.807) is 7.11 Å². The summed E-state index contributed by atoms with van der Waals surface area (Å²) in [6.07, 6.45) is 2.10. The van der Waals surface area contributed by atoms with Crippen molar-refractivity contribution >= 4 is 39.5 Å². The molecule has 7 heteroatoms. The lowest BCUT2D eigenvalue weighted by Crippen LogP contribution is -2.26.